The molecule has 0 fully saturated rings. The van der Waals surface area contributed by atoms with Gasteiger partial charge in [-0.2, -0.15) is 0 Å². The molecule has 19 heavy (non-hydrogen) atoms. The Labute approximate surface area is 110 Å². The smallest absolute Gasteiger partial charge is 0.290 e. The average molecular weight is 259 g/mol. The van der Waals surface area contributed by atoms with E-state index < -0.39 is 4.92 Å². The molecule has 0 amide bonds. The van der Waals surface area contributed by atoms with E-state index in [2.05, 4.69) is 4.98 Å². The van der Waals surface area contributed by atoms with E-state index in [0.717, 1.165) is 5.56 Å². The number of pyridine rings is 1. The van der Waals surface area contributed by atoms with Gasteiger partial charge in [-0.1, -0.05) is 0 Å². The maximum atomic E-state index is 10.7. The lowest BCUT2D eigenvalue weighted by Crippen LogP contribution is -1.96. The van der Waals surface area contributed by atoms with Crippen LogP contribution in [0.25, 0.3) is 0 Å². The highest BCUT2D eigenvalue weighted by molar-refractivity contribution is 5.48. The zero-order valence-electron chi connectivity index (χ0n) is 10.6. The van der Waals surface area contributed by atoms with E-state index in [-0.39, 0.29) is 5.69 Å². The van der Waals surface area contributed by atoms with Crippen LogP contribution < -0.4 is 10.5 Å². The Hall–Kier alpha value is -2.63. The fraction of sp³-hybridized carbons (Fsp3) is 0.154. The number of ether oxygens (including phenoxy) is 1. The summed E-state index contributed by atoms with van der Waals surface area (Å²) in [5.41, 5.74) is 7.65. The van der Waals surface area contributed by atoms with Crippen molar-refractivity contribution in [3.63, 3.8) is 0 Å². The molecule has 6 heteroatoms. The largest absolute Gasteiger partial charge is 0.439 e. The first-order chi connectivity index (χ1) is 8.97. The monoisotopic (exact) mass is 259 g/mol. The van der Waals surface area contributed by atoms with Crippen molar-refractivity contribution in [2.24, 2.45) is 0 Å². The van der Waals surface area contributed by atoms with Gasteiger partial charge in [0, 0.05) is 17.3 Å². The first kappa shape index (κ1) is 12.8. The molecule has 0 bridgehead atoms. The summed E-state index contributed by atoms with van der Waals surface area (Å²) in [7, 11) is 0. The molecule has 0 atom stereocenters. The second kappa shape index (κ2) is 4.93. The third-order valence-corrected chi connectivity index (χ3v) is 2.67. The van der Waals surface area contributed by atoms with Gasteiger partial charge >= 0.3 is 0 Å². The molecule has 0 unspecified atom stereocenters. The lowest BCUT2D eigenvalue weighted by molar-refractivity contribution is -0.385. The maximum Gasteiger partial charge on any atom is 0.290 e. The van der Waals surface area contributed by atoms with Crippen LogP contribution in [-0.2, 0) is 0 Å². The van der Waals surface area contributed by atoms with E-state index >= 15 is 0 Å². The van der Waals surface area contributed by atoms with Crippen LogP contribution in [-0.4, -0.2) is 9.91 Å². The molecule has 0 spiro atoms. The predicted octanol–water partition coefficient (Wildman–Crippen LogP) is 2.98. The van der Waals surface area contributed by atoms with Crippen molar-refractivity contribution in [3.05, 3.63) is 51.7 Å². The molecule has 0 aliphatic rings. The Bertz CT molecular complexity index is 641. The minimum atomic E-state index is -0.472. The van der Waals surface area contributed by atoms with Crippen molar-refractivity contribution >= 4 is 11.4 Å². The summed E-state index contributed by atoms with van der Waals surface area (Å²) >= 11 is 0. The summed E-state index contributed by atoms with van der Waals surface area (Å²) in [6.45, 7) is 3.51. The number of hydrogen-bond donors (Lipinski definition) is 1. The minimum absolute atomic E-state index is 0.0265. The number of anilines is 1. The van der Waals surface area contributed by atoms with Gasteiger partial charge in [0.2, 0.25) is 5.88 Å². The fourth-order valence-electron chi connectivity index (χ4n) is 1.67. The van der Waals surface area contributed by atoms with Gasteiger partial charge in [0.05, 0.1) is 4.92 Å². The normalized spacial score (nSPS) is 10.2. The van der Waals surface area contributed by atoms with Crippen molar-refractivity contribution in [1.82, 2.24) is 4.98 Å². The zero-order chi connectivity index (χ0) is 14.0. The summed E-state index contributed by atoms with van der Waals surface area (Å²) in [6.07, 6.45) is 1.19. The maximum absolute atomic E-state index is 10.7. The lowest BCUT2D eigenvalue weighted by Gasteiger charge is -2.08. The molecule has 1 aromatic carbocycles. The fourth-order valence-corrected chi connectivity index (χ4v) is 1.67. The van der Waals surface area contributed by atoms with Crippen LogP contribution in [0, 0.1) is 24.0 Å². The molecule has 0 aliphatic heterocycles. The molecule has 0 aliphatic carbocycles. The molecular formula is C13H13N3O3. The highest BCUT2D eigenvalue weighted by atomic mass is 16.6. The van der Waals surface area contributed by atoms with Crippen LogP contribution in [0.4, 0.5) is 11.4 Å². The summed E-state index contributed by atoms with van der Waals surface area (Å²) in [5.74, 6) is 0.936. The standard InChI is InChI=1S/C13H13N3O3/c1-8-6-13(15-7-11(8)16(17)18)19-12-4-3-10(14)5-9(12)2/h3-7H,14H2,1-2H3. The molecule has 0 saturated carbocycles. The van der Waals surface area contributed by atoms with Gasteiger partial charge in [-0.25, -0.2) is 4.98 Å². The Morgan fingerprint density at radius 1 is 1.26 bits per heavy atom. The van der Waals surface area contributed by atoms with Crippen LogP contribution in [0.15, 0.2) is 30.5 Å². The highest BCUT2D eigenvalue weighted by Crippen LogP contribution is 2.27. The average Bonchev–Trinajstić information content (AvgIpc) is 2.32. The highest BCUT2D eigenvalue weighted by Gasteiger charge is 2.12. The van der Waals surface area contributed by atoms with Crippen molar-refractivity contribution in [2.75, 3.05) is 5.73 Å². The Morgan fingerprint density at radius 3 is 2.58 bits per heavy atom. The van der Waals surface area contributed by atoms with Crippen molar-refractivity contribution in [1.29, 1.82) is 0 Å². The summed E-state index contributed by atoms with van der Waals surface area (Å²) in [5, 5.41) is 10.7. The van der Waals surface area contributed by atoms with Gasteiger partial charge < -0.3 is 10.5 Å². The van der Waals surface area contributed by atoms with E-state index in [1.54, 1.807) is 25.1 Å². The van der Waals surface area contributed by atoms with Gasteiger partial charge in [-0.05, 0) is 37.6 Å². The number of aryl methyl sites for hydroxylation is 2. The first-order valence-corrected chi connectivity index (χ1v) is 5.62. The molecule has 1 aromatic heterocycles. The molecule has 1 heterocycles. The SMILES string of the molecule is Cc1cc(N)ccc1Oc1cc(C)c([N+](=O)[O-])cn1. The molecule has 2 rings (SSSR count). The number of hydrogen-bond acceptors (Lipinski definition) is 5. The van der Waals surface area contributed by atoms with E-state index in [1.807, 2.05) is 6.92 Å². The predicted molar refractivity (Wildman–Crippen MR) is 71.3 cm³/mol. The lowest BCUT2D eigenvalue weighted by atomic mass is 10.2. The first-order valence-electron chi connectivity index (χ1n) is 5.62. The van der Waals surface area contributed by atoms with Crippen molar-refractivity contribution < 1.29 is 9.66 Å². The Morgan fingerprint density at radius 2 is 2.00 bits per heavy atom. The third-order valence-electron chi connectivity index (χ3n) is 2.67. The molecule has 0 saturated heterocycles. The summed E-state index contributed by atoms with van der Waals surface area (Å²) < 4.78 is 5.59. The van der Waals surface area contributed by atoms with Gasteiger partial charge in [-0.15, -0.1) is 0 Å². The van der Waals surface area contributed by atoms with Crippen LogP contribution >= 0.6 is 0 Å². The molecule has 2 N–H and O–H groups in total. The van der Waals surface area contributed by atoms with Crippen molar-refractivity contribution in [3.8, 4) is 11.6 Å². The van der Waals surface area contributed by atoms with E-state index in [0.29, 0.717) is 22.9 Å². The van der Waals surface area contributed by atoms with Gasteiger partial charge in [0.1, 0.15) is 11.9 Å². The second-order valence-corrected chi connectivity index (χ2v) is 4.19. The quantitative estimate of drug-likeness (QED) is 0.519. The minimum Gasteiger partial charge on any atom is -0.439 e. The van der Waals surface area contributed by atoms with Crippen LogP contribution in [0.5, 0.6) is 11.6 Å². The molecule has 2 aromatic rings. The topological polar surface area (TPSA) is 91.3 Å². The number of rotatable bonds is 3. The van der Waals surface area contributed by atoms with E-state index in [1.165, 1.54) is 12.3 Å². The van der Waals surface area contributed by atoms with Crippen LogP contribution in [0.1, 0.15) is 11.1 Å². The molecular weight excluding hydrogens is 246 g/mol. The molecule has 6 nitrogen and oxygen atoms in total. The number of benzene rings is 1. The molecule has 98 valence electrons. The van der Waals surface area contributed by atoms with Gasteiger partial charge in [0.25, 0.3) is 5.69 Å². The number of nitrogens with zero attached hydrogens (tertiary/aromatic N) is 2. The summed E-state index contributed by atoms with van der Waals surface area (Å²) in [4.78, 5) is 14.1. The zero-order valence-corrected chi connectivity index (χ0v) is 10.6. The molecule has 0 radical (unpaired) electrons. The number of aromatic nitrogens is 1. The van der Waals surface area contributed by atoms with E-state index in [9.17, 15) is 10.1 Å². The summed E-state index contributed by atoms with van der Waals surface area (Å²) in [6, 6.07) is 6.78. The van der Waals surface area contributed by atoms with Crippen molar-refractivity contribution in [2.45, 2.75) is 13.8 Å². The van der Waals surface area contributed by atoms with Crippen LogP contribution in [0.3, 0.4) is 0 Å². The van der Waals surface area contributed by atoms with Gasteiger partial charge in [-0.3, -0.25) is 10.1 Å². The third kappa shape index (κ3) is 2.79. The van der Waals surface area contributed by atoms with Crippen LogP contribution in [0.2, 0.25) is 0 Å². The second-order valence-electron chi connectivity index (χ2n) is 4.19. The van der Waals surface area contributed by atoms with Gasteiger partial charge in [0.15, 0.2) is 0 Å². The Kier molecular flexibility index (Phi) is 3.33. The number of nitrogens with two attached hydrogens (primary N) is 1. The number of nitro groups is 1. The number of nitrogen functional groups attached to an aromatic ring is 1. The van der Waals surface area contributed by atoms with E-state index in [4.69, 9.17) is 10.5 Å². The Balaban J connectivity index is 2.29.